The first-order valence-electron chi connectivity index (χ1n) is 7.73. The summed E-state index contributed by atoms with van der Waals surface area (Å²) in [7, 11) is 0. The Morgan fingerprint density at radius 2 is 2.00 bits per heavy atom. The van der Waals surface area contributed by atoms with Crippen LogP contribution in [0.2, 0.25) is 0 Å². The van der Waals surface area contributed by atoms with E-state index in [9.17, 15) is 9.59 Å². The van der Waals surface area contributed by atoms with E-state index in [1.54, 1.807) is 17.2 Å². The fraction of sp³-hybridized carbons (Fsp3) is 0.471. The Hall–Kier alpha value is -2.17. The van der Waals surface area contributed by atoms with Crippen LogP contribution in [0.4, 0.5) is 0 Å². The van der Waals surface area contributed by atoms with Crippen LogP contribution in [0, 0.1) is 6.92 Å². The van der Waals surface area contributed by atoms with Crippen LogP contribution >= 0.6 is 0 Å². The van der Waals surface area contributed by atoms with Gasteiger partial charge in [-0.25, -0.2) is 0 Å². The van der Waals surface area contributed by atoms with Gasteiger partial charge in [0, 0.05) is 44.0 Å². The minimum atomic E-state index is -0.157. The highest BCUT2D eigenvalue weighted by Crippen LogP contribution is 2.01. The third-order valence-electron chi connectivity index (χ3n) is 3.34. The normalized spacial score (nSPS) is 10.7. The summed E-state index contributed by atoms with van der Waals surface area (Å²) in [5.74, 6) is -0.0172. The Labute approximate surface area is 132 Å². The van der Waals surface area contributed by atoms with Crippen molar-refractivity contribution in [3.63, 3.8) is 0 Å². The molecule has 1 aromatic rings. The minimum Gasteiger partial charge on any atom is -0.353 e. The molecule has 0 bridgehead atoms. The van der Waals surface area contributed by atoms with Crippen molar-refractivity contribution in [3.05, 3.63) is 35.7 Å². The summed E-state index contributed by atoms with van der Waals surface area (Å²) in [4.78, 5) is 29.4. The van der Waals surface area contributed by atoms with E-state index in [0.29, 0.717) is 19.4 Å². The second-order valence-corrected chi connectivity index (χ2v) is 5.03. The zero-order valence-corrected chi connectivity index (χ0v) is 13.6. The monoisotopic (exact) mass is 303 g/mol. The molecule has 1 N–H and O–H groups in total. The maximum atomic E-state index is 11.8. The number of nitrogens with one attached hydrogen (secondary N) is 1. The van der Waals surface area contributed by atoms with Gasteiger partial charge in [0.25, 0.3) is 0 Å². The highest BCUT2D eigenvalue weighted by Gasteiger charge is 2.08. The number of aryl methyl sites for hydroxylation is 1. The number of hydrogen-bond acceptors (Lipinski definition) is 3. The maximum absolute atomic E-state index is 11.8. The molecule has 0 atom stereocenters. The summed E-state index contributed by atoms with van der Waals surface area (Å²) >= 11 is 0. The molecule has 1 heterocycles. The van der Waals surface area contributed by atoms with Crippen LogP contribution in [0.25, 0.3) is 6.08 Å². The Morgan fingerprint density at radius 3 is 2.59 bits per heavy atom. The predicted octanol–water partition coefficient (Wildman–Crippen LogP) is 2.17. The van der Waals surface area contributed by atoms with Crippen molar-refractivity contribution in [1.29, 1.82) is 0 Å². The van der Waals surface area contributed by atoms with Gasteiger partial charge in [-0.15, -0.1) is 0 Å². The van der Waals surface area contributed by atoms with E-state index >= 15 is 0 Å². The lowest BCUT2D eigenvalue weighted by atomic mass is 10.2. The van der Waals surface area contributed by atoms with Gasteiger partial charge in [-0.2, -0.15) is 0 Å². The molecule has 2 amide bonds. The molecule has 0 unspecified atom stereocenters. The van der Waals surface area contributed by atoms with Crippen molar-refractivity contribution in [2.45, 2.75) is 33.6 Å². The first-order chi connectivity index (χ1) is 10.6. The minimum absolute atomic E-state index is 0.139. The van der Waals surface area contributed by atoms with Gasteiger partial charge in [-0.1, -0.05) is 6.07 Å². The topological polar surface area (TPSA) is 62.3 Å². The lowest BCUT2D eigenvalue weighted by Gasteiger charge is -2.18. The van der Waals surface area contributed by atoms with Gasteiger partial charge in [-0.3, -0.25) is 14.6 Å². The van der Waals surface area contributed by atoms with Crippen LogP contribution < -0.4 is 5.32 Å². The van der Waals surface area contributed by atoms with E-state index in [2.05, 4.69) is 10.3 Å². The number of aromatic nitrogens is 1. The number of carbonyl (C=O) groups excluding carboxylic acids is 2. The van der Waals surface area contributed by atoms with Crippen LogP contribution in [-0.2, 0) is 9.59 Å². The van der Waals surface area contributed by atoms with Crippen molar-refractivity contribution >= 4 is 17.9 Å². The van der Waals surface area contributed by atoms with Crippen LogP contribution in [-0.4, -0.2) is 41.3 Å². The number of amides is 2. The van der Waals surface area contributed by atoms with Gasteiger partial charge in [-0.05, 0) is 44.9 Å². The van der Waals surface area contributed by atoms with E-state index in [0.717, 1.165) is 24.3 Å². The fourth-order valence-electron chi connectivity index (χ4n) is 1.99. The molecule has 120 valence electrons. The lowest BCUT2D eigenvalue weighted by molar-refractivity contribution is -0.131. The molecule has 0 aliphatic rings. The standard InChI is InChI=1S/C17H25N3O2/c1-4-20(5-2)17(22)7-6-12-18-16(21)11-10-15-9-8-14(3)19-13-15/h8-11,13H,4-7,12H2,1-3H3,(H,18,21)/b11-10+. The van der Waals surface area contributed by atoms with Crippen molar-refractivity contribution in [2.75, 3.05) is 19.6 Å². The molecule has 0 saturated heterocycles. The van der Waals surface area contributed by atoms with Crippen molar-refractivity contribution in [1.82, 2.24) is 15.2 Å². The highest BCUT2D eigenvalue weighted by atomic mass is 16.2. The number of pyridine rings is 1. The molecule has 0 spiro atoms. The quantitative estimate of drug-likeness (QED) is 0.591. The Bertz CT molecular complexity index is 505. The smallest absolute Gasteiger partial charge is 0.244 e. The summed E-state index contributed by atoms with van der Waals surface area (Å²) in [6.45, 7) is 7.81. The molecule has 0 aliphatic heterocycles. The van der Waals surface area contributed by atoms with Crippen molar-refractivity contribution in [2.24, 2.45) is 0 Å². The fourth-order valence-corrected chi connectivity index (χ4v) is 1.99. The number of hydrogen-bond donors (Lipinski definition) is 1. The Balaban J connectivity index is 2.26. The molecule has 0 aromatic carbocycles. The van der Waals surface area contributed by atoms with Gasteiger partial charge in [0.05, 0.1) is 0 Å². The van der Waals surface area contributed by atoms with Gasteiger partial charge in [0.2, 0.25) is 11.8 Å². The molecule has 1 aromatic heterocycles. The molecule has 0 radical (unpaired) electrons. The van der Waals surface area contributed by atoms with Crippen molar-refractivity contribution < 1.29 is 9.59 Å². The van der Waals surface area contributed by atoms with E-state index in [-0.39, 0.29) is 11.8 Å². The molecule has 0 fully saturated rings. The molecule has 5 heteroatoms. The first kappa shape index (κ1) is 17.9. The summed E-state index contributed by atoms with van der Waals surface area (Å²) in [6.07, 6.45) is 6.05. The number of rotatable bonds is 8. The summed E-state index contributed by atoms with van der Waals surface area (Å²) in [6, 6.07) is 3.81. The molecule has 1 rings (SSSR count). The zero-order chi connectivity index (χ0) is 16.4. The van der Waals surface area contributed by atoms with Crippen LogP contribution in [0.3, 0.4) is 0 Å². The lowest BCUT2D eigenvalue weighted by Crippen LogP contribution is -2.31. The third-order valence-corrected chi connectivity index (χ3v) is 3.34. The molecular weight excluding hydrogens is 278 g/mol. The molecule has 0 aliphatic carbocycles. The van der Waals surface area contributed by atoms with Gasteiger partial charge >= 0.3 is 0 Å². The largest absolute Gasteiger partial charge is 0.353 e. The summed E-state index contributed by atoms with van der Waals surface area (Å²) in [5.41, 5.74) is 1.83. The van der Waals surface area contributed by atoms with Gasteiger partial charge < -0.3 is 10.2 Å². The maximum Gasteiger partial charge on any atom is 0.244 e. The van der Waals surface area contributed by atoms with Gasteiger partial charge in [0.1, 0.15) is 0 Å². The number of carbonyl (C=O) groups is 2. The van der Waals surface area contributed by atoms with E-state index in [1.165, 1.54) is 6.08 Å². The molecule has 0 saturated carbocycles. The second kappa shape index (κ2) is 9.71. The summed E-state index contributed by atoms with van der Waals surface area (Å²) < 4.78 is 0. The van der Waals surface area contributed by atoms with E-state index in [4.69, 9.17) is 0 Å². The SMILES string of the molecule is CCN(CC)C(=O)CCCNC(=O)/C=C/c1ccc(C)nc1. The second-order valence-electron chi connectivity index (χ2n) is 5.03. The third kappa shape index (κ3) is 6.52. The highest BCUT2D eigenvalue weighted by molar-refractivity contribution is 5.91. The van der Waals surface area contributed by atoms with Gasteiger partial charge in [0.15, 0.2) is 0 Å². The van der Waals surface area contributed by atoms with Crippen LogP contribution in [0.15, 0.2) is 24.4 Å². The number of nitrogens with zero attached hydrogens (tertiary/aromatic N) is 2. The Morgan fingerprint density at radius 1 is 1.27 bits per heavy atom. The van der Waals surface area contributed by atoms with E-state index in [1.807, 2.05) is 32.9 Å². The van der Waals surface area contributed by atoms with Crippen LogP contribution in [0.1, 0.15) is 37.9 Å². The van der Waals surface area contributed by atoms with E-state index < -0.39 is 0 Å². The average molecular weight is 303 g/mol. The molecular formula is C17H25N3O2. The Kier molecular flexibility index (Phi) is 7.89. The zero-order valence-electron chi connectivity index (χ0n) is 13.6. The molecule has 5 nitrogen and oxygen atoms in total. The average Bonchev–Trinajstić information content (AvgIpc) is 2.52. The van der Waals surface area contributed by atoms with Crippen LogP contribution in [0.5, 0.6) is 0 Å². The molecule has 22 heavy (non-hydrogen) atoms. The summed E-state index contributed by atoms with van der Waals surface area (Å²) in [5, 5.41) is 2.78. The predicted molar refractivity (Wildman–Crippen MR) is 88.2 cm³/mol. The van der Waals surface area contributed by atoms with Crippen molar-refractivity contribution in [3.8, 4) is 0 Å². The first-order valence-corrected chi connectivity index (χ1v) is 7.73.